The Labute approximate surface area is 292 Å². The highest BCUT2D eigenvalue weighted by molar-refractivity contribution is 6.27. The topological polar surface area (TPSA) is 208 Å². The highest BCUT2D eigenvalue weighted by Crippen LogP contribution is 2.34. The lowest BCUT2D eigenvalue weighted by Crippen LogP contribution is -2.54. The molecule has 4 aliphatic rings. The maximum atomic E-state index is 13.3. The van der Waals surface area contributed by atoms with Crippen molar-refractivity contribution >= 4 is 64.5 Å². The molecule has 2 unspecified atom stereocenters. The van der Waals surface area contributed by atoms with Gasteiger partial charge in [0.25, 0.3) is 23.6 Å². The van der Waals surface area contributed by atoms with Crippen LogP contribution in [0.2, 0.25) is 0 Å². The zero-order valence-electron chi connectivity index (χ0n) is 27.7. The molecule has 4 N–H and O–H groups in total. The SMILES string of the molecule is C=C1CCC(N2C(=O)c3cccc(NC(=O)CCCCCCCC(=O)Nc4cccc5c4C(=O)N(C4CCC(=O)NC4=O)C5=O)c3C2=O)C(=O)N1. The number of anilines is 2. The first-order chi connectivity index (χ1) is 24.5. The number of fused-ring (bicyclic) bond motifs is 2. The van der Waals surface area contributed by atoms with Crippen LogP contribution in [0.3, 0.4) is 0 Å². The number of nitrogens with zero attached hydrogens (tertiary/aromatic N) is 2. The molecule has 2 atom stereocenters. The summed E-state index contributed by atoms with van der Waals surface area (Å²) in [6.45, 7) is 3.73. The highest BCUT2D eigenvalue weighted by Gasteiger charge is 2.47. The van der Waals surface area contributed by atoms with Gasteiger partial charge >= 0.3 is 0 Å². The smallest absolute Gasteiger partial charge is 0.264 e. The van der Waals surface area contributed by atoms with Gasteiger partial charge in [0.05, 0.1) is 33.6 Å². The highest BCUT2D eigenvalue weighted by atomic mass is 16.2. The van der Waals surface area contributed by atoms with Crippen molar-refractivity contribution in [1.29, 1.82) is 0 Å². The predicted octanol–water partition coefficient (Wildman–Crippen LogP) is 2.78. The summed E-state index contributed by atoms with van der Waals surface area (Å²) < 4.78 is 0. The number of unbranched alkanes of at least 4 members (excludes halogenated alkanes) is 4. The number of rotatable bonds is 12. The fourth-order valence-electron chi connectivity index (χ4n) is 6.85. The molecule has 264 valence electrons. The summed E-state index contributed by atoms with van der Waals surface area (Å²) >= 11 is 0. The molecule has 0 spiro atoms. The summed E-state index contributed by atoms with van der Waals surface area (Å²) in [6, 6.07) is 7.06. The average molecular weight is 697 g/mol. The van der Waals surface area contributed by atoms with E-state index in [1.54, 1.807) is 12.1 Å². The molecule has 6 rings (SSSR count). The second-order valence-electron chi connectivity index (χ2n) is 12.9. The van der Waals surface area contributed by atoms with E-state index in [1.807, 2.05) is 0 Å². The summed E-state index contributed by atoms with van der Waals surface area (Å²) in [5, 5.41) is 10.2. The van der Waals surface area contributed by atoms with Crippen LogP contribution in [0.15, 0.2) is 48.7 Å². The first kappa shape index (κ1) is 34.9. The van der Waals surface area contributed by atoms with E-state index in [9.17, 15) is 43.2 Å². The molecule has 4 heterocycles. The minimum absolute atomic E-state index is 0.00140. The van der Waals surface area contributed by atoms with Gasteiger partial charge in [-0.25, -0.2) is 0 Å². The maximum absolute atomic E-state index is 13.3. The normalized spacial score (nSPS) is 19.9. The van der Waals surface area contributed by atoms with E-state index in [0.29, 0.717) is 37.8 Å². The number of carbonyl (C=O) groups excluding carboxylic acids is 9. The third-order valence-corrected chi connectivity index (χ3v) is 9.40. The summed E-state index contributed by atoms with van der Waals surface area (Å²) in [5.74, 6) is -4.91. The van der Waals surface area contributed by atoms with Gasteiger partial charge in [-0.2, -0.15) is 0 Å². The van der Waals surface area contributed by atoms with Crippen LogP contribution in [0.4, 0.5) is 11.4 Å². The van der Waals surface area contributed by atoms with E-state index >= 15 is 0 Å². The third kappa shape index (κ3) is 6.91. The Morgan fingerprint density at radius 1 is 0.627 bits per heavy atom. The Kier molecular flexibility index (Phi) is 9.89. The number of benzene rings is 2. The van der Waals surface area contributed by atoms with E-state index in [0.717, 1.165) is 16.2 Å². The van der Waals surface area contributed by atoms with Crippen molar-refractivity contribution in [2.45, 2.75) is 82.7 Å². The molecule has 15 nitrogen and oxygen atoms in total. The number of hydrogen-bond donors (Lipinski definition) is 4. The second-order valence-corrected chi connectivity index (χ2v) is 12.9. The molecule has 2 aromatic rings. The van der Waals surface area contributed by atoms with Crippen molar-refractivity contribution in [3.63, 3.8) is 0 Å². The van der Waals surface area contributed by atoms with Gasteiger partial charge in [-0.15, -0.1) is 0 Å². The van der Waals surface area contributed by atoms with Gasteiger partial charge in [0.1, 0.15) is 12.1 Å². The second kappa shape index (κ2) is 14.5. The predicted molar refractivity (Wildman–Crippen MR) is 180 cm³/mol. The van der Waals surface area contributed by atoms with Crippen molar-refractivity contribution in [3.05, 3.63) is 70.9 Å². The molecule has 0 saturated carbocycles. The Hall–Kier alpha value is -5.99. The van der Waals surface area contributed by atoms with Crippen LogP contribution < -0.4 is 21.3 Å². The molecular weight excluding hydrogens is 660 g/mol. The number of amides is 9. The quantitative estimate of drug-likeness (QED) is 0.190. The molecule has 0 bridgehead atoms. The lowest BCUT2D eigenvalue weighted by Gasteiger charge is -2.29. The van der Waals surface area contributed by atoms with Crippen molar-refractivity contribution in [1.82, 2.24) is 20.4 Å². The third-order valence-electron chi connectivity index (χ3n) is 9.40. The van der Waals surface area contributed by atoms with E-state index < -0.39 is 53.4 Å². The van der Waals surface area contributed by atoms with E-state index in [-0.39, 0.29) is 77.5 Å². The minimum Gasteiger partial charge on any atom is -0.329 e. The number of carbonyl (C=O) groups is 9. The number of imide groups is 3. The van der Waals surface area contributed by atoms with E-state index in [1.165, 1.54) is 24.3 Å². The number of piperidine rings is 2. The molecule has 15 heteroatoms. The monoisotopic (exact) mass is 696 g/mol. The lowest BCUT2D eigenvalue weighted by atomic mass is 10.0. The van der Waals surface area contributed by atoms with Crippen LogP contribution in [0.5, 0.6) is 0 Å². The molecule has 0 aliphatic carbocycles. The fourth-order valence-corrected chi connectivity index (χ4v) is 6.85. The first-order valence-electron chi connectivity index (χ1n) is 16.9. The van der Waals surface area contributed by atoms with Gasteiger partial charge in [0.15, 0.2) is 0 Å². The number of allylic oxidation sites excluding steroid dienone is 1. The zero-order chi connectivity index (χ0) is 36.4. The van der Waals surface area contributed by atoms with Gasteiger partial charge in [0, 0.05) is 25.0 Å². The van der Waals surface area contributed by atoms with Crippen LogP contribution >= 0.6 is 0 Å². The Morgan fingerprint density at radius 3 is 1.55 bits per heavy atom. The fraction of sp³-hybridized carbons (Fsp3) is 0.361. The first-order valence-corrected chi connectivity index (χ1v) is 16.9. The molecule has 9 amide bonds. The molecule has 2 aromatic carbocycles. The maximum Gasteiger partial charge on any atom is 0.264 e. The van der Waals surface area contributed by atoms with Crippen LogP contribution in [0.1, 0.15) is 112 Å². The molecule has 0 aromatic heterocycles. The van der Waals surface area contributed by atoms with Crippen molar-refractivity contribution in [2.24, 2.45) is 0 Å². The molecular formula is C36H36N6O9. The van der Waals surface area contributed by atoms with Gasteiger partial charge in [0.2, 0.25) is 29.5 Å². The molecule has 0 radical (unpaired) electrons. The van der Waals surface area contributed by atoms with Crippen LogP contribution in [0.25, 0.3) is 0 Å². The number of nitrogens with one attached hydrogen (secondary N) is 4. The summed E-state index contributed by atoms with van der Waals surface area (Å²) in [6.07, 6.45) is 4.30. The zero-order valence-corrected chi connectivity index (χ0v) is 27.7. The van der Waals surface area contributed by atoms with Crippen molar-refractivity contribution in [3.8, 4) is 0 Å². The van der Waals surface area contributed by atoms with Gasteiger partial charge in [-0.05, 0) is 56.4 Å². The Bertz CT molecular complexity index is 1780. The van der Waals surface area contributed by atoms with Gasteiger partial charge in [-0.1, -0.05) is 38.0 Å². The summed E-state index contributed by atoms with van der Waals surface area (Å²) in [5.41, 5.74) is 1.19. The number of hydrogen-bond acceptors (Lipinski definition) is 9. The van der Waals surface area contributed by atoms with Crippen molar-refractivity contribution < 1.29 is 43.2 Å². The standard InChI is InChI=1S/C36H36N6O9/c1-19-15-16-24(31(46)37-19)41-33(48)20-9-7-11-22(29(20)35(41)50)38-26(43)13-5-3-2-4-6-14-27(44)39-23-12-8-10-21-30(23)36(51)42(34(21)49)25-17-18-28(45)40-32(25)47/h7-12,24-25H,1-6,13-18H2,(H,37,46)(H,38,43)(H,39,44)(H,40,45,47). The Morgan fingerprint density at radius 2 is 1.08 bits per heavy atom. The largest absolute Gasteiger partial charge is 0.329 e. The average Bonchev–Trinajstić information content (AvgIpc) is 3.49. The molecule has 2 saturated heterocycles. The van der Waals surface area contributed by atoms with Crippen LogP contribution in [0, 0.1) is 0 Å². The van der Waals surface area contributed by atoms with Crippen LogP contribution in [-0.2, 0) is 24.0 Å². The van der Waals surface area contributed by atoms with Gasteiger partial charge in [-0.3, -0.25) is 58.3 Å². The van der Waals surface area contributed by atoms with E-state index in [2.05, 4.69) is 27.8 Å². The van der Waals surface area contributed by atoms with Crippen LogP contribution in [-0.4, -0.2) is 75.0 Å². The van der Waals surface area contributed by atoms with E-state index in [4.69, 9.17) is 0 Å². The Balaban J connectivity index is 0.930. The van der Waals surface area contributed by atoms with Gasteiger partial charge < -0.3 is 16.0 Å². The molecule has 51 heavy (non-hydrogen) atoms. The minimum atomic E-state index is -1.11. The lowest BCUT2D eigenvalue weighted by molar-refractivity contribution is -0.136. The van der Waals surface area contributed by atoms with Crippen molar-refractivity contribution in [2.75, 3.05) is 10.6 Å². The summed E-state index contributed by atoms with van der Waals surface area (Å²) in [4.78, 5) is 116. The summed E-state index contributed by atoms with van der Waals surface area (Å²) in [7, 11) is 0. The molecule has 2 fully saturated rings. The molecule has 4 aliphatic heterocycles.